The van der Waals surface area contributed by atoms with E-state index in [1.807, 2.05) is 24.3 Å². The maximum atomic E-state index is 9.15. The van der Waals surface area contributed by atoms with E-state index in [1.54, 1.807) is 6.08 Å². The molecule has 0 aromatic heterocycles. The molecule has 0 fully saturated rings. The van der Waals surface area contributed by atoms with Gasteiger partial charge in [-0.2, -0.15) is 21.0 Å². The van der Waals surface area contributed by atoms with Crippen molar-refractivity contribution in [2.24, 2.45) is 10.8 Å². The Morgan fingerprint density at radius 1 is 0.875 bits per heavy atom. The topological polar surface area (TPSA) is 95.2 Å². The molecule has 0 aromatic rings. The third kappa shape index (κ3) is 1.52. The first-order valence-electron chi connectivity index (χ1n) is 5.03. The molecule has 78 valence electrons. The smallest absolute Gasteiger partial charge is 0.193 e. The highest BCUT2D eigenvalue weighted by Crippen LogP contribution is 2.44. The second-order valence-electron chi connectivity index (χ2n) is 3.81. The van der Waals surface area contributed by atoms with Gasteiger partial charge in [-0.15, -0.1) is 0 Å². The number of nitrogens with zero attached hydrogens (tertiary/aromatic N) is 4. The highest BCUT2D eigenvalue weighted by Gasteiger charge is 2.52. The molecule has 0 saturated heterocycles. The summed E-state index contributed by atoms with van der Waals surface area (Å²) in [4.78, 5) is 0. The van der Waals surface area contributed by atoms with Gasteiger partial charge in [-0.05, 0) is 19.3 Å². The molecule has 0 spiro atoms. The summed E-state index contributed by atoms with van der Waals surface area (Å²) in [6.07, 6.45) is 5.72. The monoisotopic (exact) mass is 210 g/mol. The Hall–Kier alpha value is -2.30. The van der Waals surface area contributed by atoms with Crippen LogP contribution < -0.4 is 0 Å². The molecule has 0 radical (unpaired) electrons. The van der Waals surface area contributed by atoms with E-state index in [2.05, 4.69) is 0 Å². The van der Waals surface area contributed by atoms with Crippen LogP contribution in [0.4, 0.5) is 0 Å². The van der Waals surface area contributed by atoms with Crippen molar-refractivity contribution in [3.05, 3.63) is 12.2 Å². The quantitative estimate of drug-likeness (QED) is 0.572. The summed E-state index contributed by atoms with van der Waals surface area (Å²) < 4.78 is 0. The first-order valence-corrected chi connectivity index (χ1v) is 5.03. The van der Waals surface area contributed by atoms with Crippen LogP contribution in [0.2, 0.25) is 0 Å². The first-order chi connectivity index (χ1) is 7.70. The molecule has 0 saturated carbocycles. The molecule has 4 heteroatoms. The minimum absolute atomic E-state index is 0.269. The van der Waals surface area contributed by atoms with Gasteiger partial charge in [-0.3, -0.25) is 0 Å². The lowest BCUT2D eigenvalue weighted by Gasteiger charge is -2.29. The van der Waals surface area contributed by atoms with E-state index in [9.17, 15) is 0 Å². The second-order valence-corrected chi connectivity index (χ2v) is 3.81. The normalized spacial score (nSPS) is 23.2. The fraction of sp³-hybridized carbons (Fsp3) is 0.500. The zero-order valence-corrected chi connectivity index (χ0v) is 8.77. The molecule has 1 aliphatic carbocycles. The van der Waals surface area contributed by atoms with E-state index < -0.39 is 10.8 Å². The Kier molecular flexibility index (Phi) is 3.30. The van der Waals surface area contributed by atoms with E-state index in [4.69, 9.17) is 21.0 Å². The van der Waals surface area contributed by atoms with Crippen LogP contribution in [0.5, 0.6) is 0 Å². The van der Waals surface area contributed by atoms with Crippen LogP contribution in [0.15, 0.2) is 12.2 Å². The average Bonchev–Trinajstić information content (AvgIpc) is 2.31. The highest BCUT2D eigenvalue weighted by atomic mass is 14.5. The fourth-order valence-corrected chi connectivity index (χ4v) is 1.86. The number of hydrogen-bond acceptors (Lipinski definition) is 4. The van der Waals surface area contributed by atoms with Gasteiger partial charge in [0.1, 0.15) is 0 Å². The molecule has 0 amide bonds. The minimum atomic E-state index is -1.64. The Balaban J connectivity index is 3.42. The third-order valence-electron chi connectivity index (χ3n) is 2.95. The van der Waals surface area contributed by atoms with Gasteiger partial charge in [0.05, 0.1) is 24.3 Å². The van der Waals surface area contributed by atoms with Crippen molar-refractivity contribution in [3.8, 4) is 24.3 Å². The van der Waals surface area contributed by atoms with Crippen molar-refractivity contribution in [2.45, 2.75) is 25.7 Å². The van der Waals surface area contributed by atoms with Gasteiger partial charge in [0.15, 0.2) is 10.8 Å². The summed E-state index contributed by atoms with van der Waals surface area (Å²) in [5.74, 6) is 0. The molecule has 16 heavy (non-hydrogen) atoms. The fourth-order valence-electron chi connectivity index (χ4n) is 1.86. The lowest BCUT2D eigenvalue weighted by atomic mass is 9.63. The van der Waals surface area contributed by atoms with Crippen molar-refractivity contribution < 1.29 is 0 Å². The number of hydrogen-bond donors (Lipinski definition) is 0. The van der Waals surface area contributed by atoms with Crippen LogP contribution in [0.3, 0.4) is 0 Å². The molecule has 4 nitrogen and oxygen atoms in total. The van der Waals surface area contributed by atoms with E-state index in [0.29, 0.717) is 6.42 Å². The summed E-state index contributed by atoms with van der Waals surface area (Å²) in [5, 5.41) is 36.6. The SMILES string of the molecule is N#CC1(C#N)/C=C\CCCCC1(C#N)C#N. The standard InChI is InChI=1S/C12H10N4/c13-7-11(8-14)5-3-1-2-4-6-12(11,9-15)10-16/h3,5H,1-2,4,6H2/b5-3-. The Labute approximate surface area is 94.6 Å². The molecular formula is C12H10N4. The molecule has 1 aliphatic rings. The lowest BCUT2D eigenvalue weighted by Crippen LogP contribution is -2.37. The molecule has 0 heterocycles. The maximum Gasteiger partial charge on any atom is 0.193 e. The molecule has 0 unspecified atom stereocenters. The van der Waals surface area contributed by atoms with Gasteiger partial charge in [0.2, 0.25) is 0 Å². The Morgan fingerprint density at radius 2 is 1.50 bits per heavy atom. The van der Waals surface area contributed by atoms with Crippen LogP contribution in [0.25, 0.3) is 0 Å². The van der Waals surface area contributed by atoms with Gasteiger partial charge in [-0.1, -0.05) is 18.6 Å². The van der Waals surface area contributed by atoms with Crippen molar-refractivity contribution in [2.75, 3.05) is 0 Å². The molecule has 0 bridgehead atoms. The lowest BCUT2D eigenvalue weighted by molar-refractivity contribution is 0.322. The van der Waals surface area contributed by atoms with Gasteiger partial charge in [0, 0.05) is 0 Å². The molecule has 0 N–H and O–H groups in total. The Bertz CT molecular complexity index is 433. The van der Waals surface area contributed by atoms with Crippen molar-refractivity contribution in [1.82, 2.24) is 0 Å². The predicted molar refractivity (Wildman–Crippen MR) is 54.9 cm³/mol. The van der Waals surface area contributed by atoms with Gasteiger partial charge in [0.25, 0.3) is 0 Å². The largest absolute Gasteiger partial charge is 0.196 e. The van der Waals surface area contributed by atoms with Crippen LogP contribution in [0, 0.1) is 56.2 Å². The van der Waals surface area contributed by atoms with E-state index >= 15 is 0 Å². The average molecular weight is 210 g/mol. The summed E-state index contributed by atoms with van der Waals surface area (Å²) in [5.41, 5.74) is -3.19. The van der Waals surface area contributed by atoms with Gasteiger partial charge >= 0.3 is 0 Å². The second kappa shape index (κ2) is 4.48. The Morgan fingerprint density at radius 3 is 2.00 bits per heavy atom. The van der Waals surface area contributed by atoms with E-state index in [-0.39, 0.29) is 6.42 Å². The molecule has 0 atom stereocenters. The highest BCUT2D eigenvalue weighted by molar-refractivity contribution is 5.40. The summed E-state index contributed by atoms with van der Waals surface area (Å²) in [6.45, 7) is 0. The third-order valence-corrected chi connectivity index (χ3v) is 2.95. The van der Waals surface area contributed by atoms with Crippen LogP contribution >= 0.6 is 0 Å². The first kappa shape index (κ1) is 11.8. The number of rotatable bonds is 0. The molecule has 0 aromatic carbocycles. The van der Waals surface area contributed by atoms with Crippen molar-refractivity contribution >= 4 is 0 Å². The summed E-state index contributed by atoms with van der Waals surface area (Å²) in [7, 11) is 0. The number of nitriles is 4. The van der Waals surface area contributed by atoms with Gasteiger partial charge in [-0.25, -0.2) is 0 Å². The van der Waals surface area contributed by atoms with Crippen molar-refractivity contribution in [1.29, 1.82) is 21.0 Å². The minimum Gasteiger partial charge on any atom is -0.196 e. The van der Waals surface area contributed by atoms with E-state index in [0.717, 1.165) is 12.8 Å². The molecular weight excluding hydrogens is 200 g/mol. The molecule has 0 aliphatic heterocycles. The maximum absolute atomic E-state index is 9.15. The van der Waals surface area contributed by atoms with Crippen LogP contribution in [0.1, 0.15) is 25.7 Å². The van der Waals surface area contributed by atoms with Crippen LogP contribution in [-0.2, 0) is 0 Å². The van der Waals surface area contributed by atoms with Gasteiger partial charge < -0.3 is 0 Å². The van der Waals surface area contributed by atoms with Crippen LogP contribution in [-0.4, -0.2) is 0 Å². The summed E-state index contributed by atoms with van der Waals surface area (Å²) in [6, 6.07) is 7.41. The zero-order chi connectivity index (χ0) is 12.1. The predicted octanol–water partition coefficient (Wildman–Crippen LogP) is 2.18. The zero-order valence-electron chi connectivity index (χ0n) is 8.77. The van der Waals surface area contributed by atoms with E-state index in [1.165, 1.54) is 6.08 Å². The molecule has 1 rings (SSSR count). The van der Waals surface area contributed by atoms with Crippen molar-refractivity contribution in [3.63, 3.8) is 0 Å². The number of allylic oxidation sites excluding steroid dienone is 2. The summed E-state index contributed by atoms with van der Waals surface area (Å²) >= 11 is 0.